The Morgan fingerprint density at radius 1 is 0.536 bits per heavy atom. The lowest BCUT2D eigenvalue weighted by Crippen LogP contribution is -1.81. The number of aryl methyl sites for hydroxylation is 2. The number of benzene rings is 4. The average Bonchev–Trinajstić information content (AvgIpc) is 2.75. The molecule has 0 radical (unpaired) electrons. The molecule has 0 amide bonds. The zero-order valence-corrected chi connectivity index (χ0v) is 17.7. The fourth-order valence-electron chi connectivity index (χ4n) is 2.81. The van der Waals surface area contributed by atoms with E-state index in [1.54, 1.807) is 24.3 Å². The third-order valence-corrected chi connectivity index (χ3v) is 4.15. The highest BCUT2D eigenvalue weighted by Crippen LogP contribution is 2.20. The lowest BCUT2D eigenvalue weighted by Gasteiger charge is -2.01. The van der Waals surface area contributed by atoms with Gasteiger partial charge in [-0.3, -0.25) is 0 Å². The maximum atomic E-state index is 13.2. The van der Waals surface area contributed by atoms with Gasteiger partial charge in [0.05, 0.1) is 0 Å². The zero-order valence-electron chi connectivity index (χ0n) is 17.7. The average molecular weight is 381 g/mol. The molecule has 0 fully saturated rings. The number of hydrogen-bond donors (Lipinski definition) is 0. The molecule has 0 aliphatic heterocycles. The van der Waals surface area contributed by atoms with Gasteiger partial charge in [0.15, 0.2) is 0 Å². The summed E-state index contributed by atoms with van der Waals surface area (Å²) in [7, 11) is 0. The Labute approximate surface area is 167 Å². The van der Waals surface area contributed by atoms with Crippen molar-refractivity contribution in [3.63, 3.8) is 0 Å². The van der Waals surface area contributed by atoms with Crippen molar-refractivity contribution in [2.24, 2.45) is 0 Å². The van der Waals surface area contributed by atoms with Crippen molar-refractivity contribution in [2.75, 3.05) is 0 Å². The third-order valence-electron chi connectivity index (χ3n) is 4.15. The lowest BCUT2D eigenvalue weighted by atomic mass is 10.1. The van der Waals surface area contributed by atoms with Gasteiger partial charge in [-0.05, 0) is 59.3 Å². The molecule has 0 saturated heterocycles. The maximum Gasteiger partial charge on any atom is 0.131 e. The van der Waals surface area contributed by atoms with Crippen LogP contribution in [0.1, 0.15) is 38.8 Å². The minimum Gasteiger partial charge on any atom is -0.207 e. The van der Waals surface area contributed by atoms with Gasteiger partial charge in [-0.25, -0.2) is 8.78 Å². The normalized spacial score (nSPS) is 9.43. The van der Waals surface area contributed by atoms with Crippen LogP contribution < -0.4 is 0 Å². The predicted molar refractivity (Wildman–Crippen MR) is 120 cm³/mol. The summed E-state index contributed by atoms with van der Waals surface area (Å²) in [6.07, 6.45) is 0. The van der Waals surface area contributed by atoms with Crippen LogP contribution in [-0.2, 0) is 0 Å². The smallest absolute Gasteiger partial charge is 0.131 e. The van der Waals surface area contributed by atoms with Crippen molar-refractivity contribution in [3.05, 3.63) is 95.6 Å². The molecule has 0 aromatic heterocycles. The Morgan fingerprint density at radius 3 is 1.79 bits per heavy atom. The van der Waals surface area contributed by atoms with Crippen LogP contribution in [0.4, 0.5) is 8.78 Å². The van der Waals surface area contributed by atoms with E-state index in [0.29, 0.717) is 5.39 Å². The van der Waals surface area contributed by atoms with Crippen molar-refractivity contribution < 1.29 is 8.78 Å². The molecule has 0 unspecified atom stereocenters. The summed E-state index contributed by atoms with van der Waals surface area (Å²) in [5.41, 5.74) is 2.24. The number of fused-ring (bicyclic) bond motifs is 2. The van der Waals surface area contributed by atoms with E-state index < -0.39 is 0 Å². The summed E-state index contributed by atoms with van der Waals surface area (Å²) < 4.78 is 26.0. The van der Waals surface area contributed by atoms with Crippen molar-refractivity contribution in [2.45, 2.75) is 41.5 Å². The Morgan fingerprint density at radius 2 is 1.14 bits per heavy atom. The molecule has 4 aromatic rings. The molecule has 0 heterocycles. The van der Waals surface area contributed by atoms with Gasteiger partial charge in [-0.2, -0.15) is 0 Å². The molecule has 148 valence electrons. The van der Waals surface area contributed by atoms with Crippen LogP contribution in [0.3, 0.4) is 0 Å². The fourth-order valence-corrected chi connectivity index (χ4v) is 2.81. The minimum absolute atomic E-state index is 0.142. The molecular formula is C26H30F2. The van der Waals surface area contributed by atoms with Crippen molar-refractivity contribution >= 4 is 21.5 Å². The van der Waals surface area contributed by atoms with Gasteiger partial charge < -0.3 is 0 Å². The number of hydrogen-bond acceptors (Lipinski definition) is 0. The van der Waals surface area contributed by atoms with E-state index in [2.05, 4.69) is 0 Å². The van der Waals surface area contributed by atoms with E-state index in [0.717, 1.165) is 27.3 Å². The highest BCUT2D eigenvalue weighted by atomic mass is 19.1. The summed E-state index contributed by atoms with van der Waals surface area (Å²) in [5.74, 6) is -0.312. The van der Waals surface area contributed by atoms with Crippen LogP contribution in [0.2, 0.25) is 0 Å². The quantitative estimate of drug-likeness (QED) is 0.286. The molecule has 0 atom stereocenters. The first-order valence-corrected chi connectivity index (χ1v) is 9.85. The summed E-state index contributed by atoms with van der Waals surface area (Å²) >= 11 is 0. The van der Waals surface area contributed by atoms with Gasteiger partial charge in [0.2, 0.25) is 0 Å². The van der Waals surface area contributed by atoms with Crippen molar-refractivity contribution in [3.8, 4) is 0 Å². The molecule has 0 aliphatic carbocycles. The standard InChI is InChI=1S/2C11H9F.2C2H6/c1-8-3-2-4-9-5-6-10(12)7-11(8)9;1-8-6-7-11(12)10-5-3-2-4-9(8)10;2*1-2/h2*2-7H,1H3;2*1-2H3. The van der Waals surface area contributed by atoms with Crippen LogP contribution >= 0.6 is 0 Å². The van der Waals surface area contributed by atoms with E-state index >= 15 is 0 Å². The topological polar surface area (TPSA) is 0 Å². The first-order valence-electron chi connectivity index (χ1n) is 9.85. The first kappa shape index (κ1) is 23.3. The van der Waals surface area contributed by atoms with Crippen LogP contribution in [0.5, 0.6) is 0 Å². The first-order chi connectivity index (χ1) is 13.6. The second-order valence-electron chi connectivity index (χ2n) is 5.85. The third kappa shape index (κ3) is 5.88. The molecule has 0 aliphatic rings. The van der Waals surface area contributed by atoms with Gasteiger partial charge in [-0.1, -0.05) is 82.3 Å². The lowest BCUT2D eigenvalue weighted by molar-refractivity contribution is 0.629. The summed E-state index contributed by atoms with van der Waals surface area (Å²) in [6.45, 7) is 12.0. The summed E-state index contributed by atoms with van der Waals surface area (Å²) in [6, 6.07) is 21.7. The van der Waals surface area contributed by atoms with E-state index in [9.17, 15) is 8.78 Å². The van der Waals surface area contributed by atoms with E-state index in [4.69, 9.17) is 0 Å². The highest BCUT2D eigenvalue weighted by Gasteiger charge is 2.00. The second-order valence-corrected chi connectivity index (χ2v) is 5.85. The molecule has 4 rings (SSSR count). The summed E-state index contributed by atoms with van der Waals surface area (Å²) in [5, 5.41) is 3.80. The molecule has 28 heavy (non-hydrogen) atoms. The predicted octanol–water partition coefficient (Wildman–Crippen LogP) is 8.63. The van der Waals surface area contributed by atoms with Gasteiger partial charge in [-0.15, -0.1) is 0 Å². The maximum absolute atomic E-state index is 13.2. The molecule has 0 spiro atoms. The second kappa shape index (κ2) is 11.9. The van der Waals surface area contributed by atoms with Gasteiger partial charge >= 0.3 is 0 Å². The van der Waals surface area contributed by atoms with Crippen LogP contribution in [0, 0.1) is 25.5 Å². The van der Waals surface area contributed by atoms with Gasteiger partial charge in [0.25, 0.3) is 0 Å². The van der Waals surface area contributed by atoms with E-state index in [-0.39, 0.29) is 11.6 Å². The Bertz CT molecular complexity index is 958. The van der Waals surface area contributed by atoms with E-state index in [1.807, 2.05) is 77.9 Å². The molecule has 0 nitrogen and oxygen atoms in total. The molecule has 4 aromatic carbocycles. The number of halogens is 2. The van der Waals surface area contributed by atoms with Gasteiger partial charge in [0, 0.05) is 5.39 Å². The Balaban J connectivity index is 0.000000238. The molecule has 0 bridgehead atoms. The molecular weight excluding hydrogens is 350 g/mol. The Kier molecular flexibility index (Phi) is 9.87. The van der Waals surface area contributed by atoms with Gasteiger partial charge in [0.1, 0.15) is 11.6 Å². The monoisotopic (exact) mass is 380 g/mol. The SMILES string of the molecule is CC.CC.Cc1ccc(F)c2ccccc12.Cc1cccc2ccc(F)cc12. The van der Waals surface area contributed by atoms with Crippen LogP contribution in [-0.4, -0.2) is 0 Å². The van der Waals surface area contributed by atoms with Crippen LogP contribution in [0.25, 0.3) is 21.5 Å². The number of rotatable bonds is 0. The van der Waals surface area contributed by atoms with E-state index in [1.165, 1.54) is 12.1 Å². The zero-order chi connectivity index (χ0) is 21.1. The largest absolute Gasteiger partial charge is 0.207 e. The molecule has 0 saturated carbocycles. The molecule has 2 heteroatoms. The highest BCUT2D eigenvalue weighted by molar-refractivity contribution is 5.86. The van der Waals surface area contributed by atoms with Crippen LogP contribution in [0.15, 0.2) is 72.8 Å². The fraction of sp³-hybridized carbons (Fsp3) is 0.231. The molecule has 0 N–H and O–H groups in total. The minimum atomic E-state index is -0.170. The van der Waals surface area contributed by atoms with Crippen molar-refractivity contribution in [1.29, 1.82) is 0 Å². The van der Waals surface area contributed by atoms with Crippen molar-refractivity contribution in [1.82, 2.24) is 0 Å². The Hall–Kier alpha value is -2.74. The summed E-state index contributed by atoms with van der Waals surface area (Å²) in [4.78, 5) is 0.